The monoisotopic (exact) mass is 269 g/mol. The van der Waals surface area contributed by atoms with Crippen molar-refractivity contribution in [1.82, 2.24) is 10.0 Å². The van der Waals surface area contributed by atoms with Crippen molar-refractivity contribution in [2.75, 3.05) is 38.1 Å². The molecule has 1 aliphatic heterocycles. The maximum Gasteiger partial charge on any atom is 0.242 e. The minimum absolute atomic E-state index is 0.356. The van der Waals surface area contributed by atoms with Gasteiger partial charge in [-0.1, -0.05) is 12.1 Å². The predicted octanol–water partition coefficient (Wildman–Crippen LogP) is 0.394. The molecule has 1 fully saturated rings. The van der Waals surface area contributed by atoms with Crippen LogP contribution in [0.3, 0.4) is 0 Å². The van der Waals surface area contributed by atoms with Gasteiger partial charge >= 0.3 is 0 Å². The zero-order chi connectivity index (χ0) is 13.0. The van der Waals surface area contributed by atoms with Gasteiger partial charge in [-0.2, -0.15) is 0 Å². The molecule has 1 aliphatic rings. The fourth-order valence-corrected chi connectivity index (χ4v) is 3.09. The van der Waals surface area contributed by atoms with Crippen molar-refractivity contribution < 1.29 is 8.42 Å². The van der Waals surface area contributed by atoms with Gasteiger partial charge in [0, 0.05) is 19.6 Å². The molecule has 2 rings (SSSR count). The summed E-state index contributed by atoms with van der Waals surface area (Å²) in [5.41, 5.74) is 0.788. The molecule has 0 aromatic heterocycles. The lowest BCUT2D eigenvalue weighted by molar-refractivity contribution is 0.587. The number of anilines is 1. The lowest BCUT2D eigenvalue weighted by Crippen LogP contribution is -2.30. The van der Waals surface area contributed by atoms with Gasteiger partial charge in [0.05, 0.1) is 5.69 Å². The molecule has 2 N–H and O–H groups in total. The third-order valence-electron chi connectivity index (χ3n) is 3.10. The van der Waals surface area contributed by atoms with E-state index in [0.717, 1.165) is 38.3 Å². The van der Waals surface area contributed by atoms with E-state index in [9.17, 15) is 8.42 Å². The molecule has 5 nitrogen and oxygen atoms in total. The lowest BCUT2D eigenvalue weighted by Gasteiger charge is -2.24. The number of hydrogen-bond donors (Lipinski definition) is 2. The minimum Gasteiger partial charge on any atom is -0.369 e. The molecule has 6 heteroatoms. The summed E-state index contributed by atoms with van der Waals surface area (Å²) in [6.07, 6.45) is 1.02. The Morgan fingerprint density at radius 1 is 1.22 bits per heavy atom. The van der Waals surface area contributed by atoms with Crippen LogP contribution in [-0.2, 0) is 10.0 Å². The van der Waals surface area contributed by atoms with Gasteiger partial charge in [-0.25, -0.2) is 13.1 Å². The first kappa shape index (κ1) is 13.3. The van der Waals surface area contributed by atoms with E-state index in [1.165, 1.54) is 7.05 Å². The fraction of sp³-hybridized carbons (Fsp3) is 0.500. The van der Waals surface area contributed by atoms with E-state index in [4.69, 9.17) is 0 Å². The van der Waals surface area contributed by atoms with E-state index in [1.807, 2.05) is 12.1 Å². The highest BCUT2D eigenvalue weighted by Gasteiger charge is 2.20. The van der Waals surface area contributed by atoms with Gasteiger partial charge in [0.2, 0.25) is 10.0 Å². The highest BCUT2D eigenvalue weighted by Crippen LogP contribution is 2.25. The van der Waals surface area contributed by atoms with Gasteiger partial charge in [-0.3, -0.25) is 0 Å². The van der Waals surface area contributed by atoms with Gasteiger partial charge in [-0.15, -0.1) is 0 Å². The van der Waals surface area contributed by atoms with Crippen molar-refractivity contribution in [3.63, 3.8) is 0 Å². The van der Waals surface area contributed by atoms with Crippen molar-refractivity contribution >= 4 is 15.7 Å². The van der Waals surface area contributed by atoms with Crippen molar-refractivity contribution in [2.24, 2.45) is 0 Å². The molecule has 0 unspecified atom stereocenters. The molecule has 0 spiro atoms. The van der Waals surface area contributed by atoms with Gasteiger partial charge in [0.1, 0.15) is 4.90 Å². The van der Waals surface area contributed by atoms with Crippen LogP contribution in [0.15, 0.2) is 29.2 Å². The second-order valence-electron chi connectivity index (χ2n) is 4.27. The van der Waals surface area contributed by atoms with Crippen LogP contribution in [0.5, 0.6) is 0 Å². The predicted molar refractivity (Wildman–Crippen MR) is 72.4 cm³/mol. The first-order chi connectivity index (χ1) is 8.65. The van der Waals surface area contributed by atoms with Crippen molar-refractivity contribution in [3.05, 3.63) is 24.3 Å². The second-order valence-corrected chi connectivity index (χ2v) is 6.12. The summed E-state index contributed by atoms with van der Waals surface area (Å²) in [4.78, 5) is 2.49. The highest BCUT2D eigenvalue weighted by molar-refractivity contribution is 7.89. The van der Waals surface area contributed by atoms with Crippen LogP contribution in [0.4, 0.5) is 5.69 Å². The molecule has 0 radical (unpaired) electrons. The lowest BCUT2D eigenvalue weighted by atomic mass is 10.2. The Balaban J connectivity index is 2.38. The van der Waals surface area contributed by atoms with Crippen molar-refractivity contribution in [2.45, 2.75) is 11.3 Å². The largest absolute Gasteiger partial charge is 0.369 e. The Hall–Kier alpha value is -1.11. The third-order valence-corrected chi connectivity index (χ3v) is 4.57. The number of para-hydroxylation sites is 1. The van der Waals surface area contributed by atoms with E-state index in [2.05, 4.69) is 14.9 Å². The molecule has 0 atom stereocenters. The van der Waals surface area contributed by atoms with Gasteiger partial charge in [-0.05, 0) is 32.1 Å². The van der Waals surface area contributed by atoms with Gasteiger partial charge < -0.3 is 10.2 Å². The van der Waals surface area contributed by atoms with E-state index in [-0.39, 0.29) is 0 Å². The van der Waals surface area contributed by atoms with Crippen molar-refractivity contribution in [1.29, 1.82) is 0 Å². The molecular formula is C12H19N3O2S. The summed E-state index contributed by atoms with van der Waals surface area (Å²) in [5.74, 6) is 0. The number of hydrogen-bond acceptors (Lipinski definition) is 4. The van der Waals surface area contributed by atoms with Crippen LogP contribution in [0, 0.1) is 0 Å². The highest BCUT2D eigenvalue weighted by atomic mass is 32.2. The minimum atomic E-state index is -3.40. The average molecular weight is 269 g/mol. The number of benzene rings is 1. The molecule has 0 amide bonds. The summed E-state index contributed by atoms with van der Waals surface area (Å²) in [5, 5.41) is 3.31. The van der Waals surface area contributed by atoms with E-state index in [1.54, 1.807) is 12.1 Å². The number of rotatable bonds is 3. The maximum atomic E-state index is 12.0. The summed E-state index contributed by atoms with van der Waals surface area (Å²) in [7, 11) is -1.96. The first-order valence-corrected chi connectivity index (χ1v) is 7.62. The molecular weight excluding hydrogens is 250 g/mol. The zero-order valence-corrected chi connectivity index (χ0v) is 11.3. The average Bonchev–Trinajstić information content (AvgIpc) is 2.67. The quantitative estimate of drug-likeness (QED) is 0.833. The number of nitrogens with one attached hydrogen (secondary N) is 2. The molecule has 1 aromatic carbocycles. The Morgan fingerprint density at radius 2 is 2.00 bits per heavy atom. The Morgan fingerprint density at radius 3 is 2.78 bits per heavy atom. The molecule has 1 aromatic rings. The second kappa shape index (κ2) is 5.69. The molecule has 0 aliphatic carbocycles. The van der Waals surface area contributed by atoms with E-state index in [0.29, 0.717) is 4.90 Å². The molecule has 100 valence electrons. The topological polar surface area (TPSA) is 61.4 Å². The summed E-state index contributed by atoms with van der Waals surface area (Å²) >= 11 is 0. The molecule has 1 saturated heterocycles. The van der Waals surface area contributed by atoms with Crippen LogP contribution in [0.2, 0.25) is 0 Å². The Kier molecular flexibility index (Phi) is 4.21. The zero-order valence-electron chi connectivity index (χ0n) is 10.5. The van der Waals surface area contributed by atoms with E-state index >= 15 is 0 Å². The standard InChI is InChI=1S/C12H19N3O2S/c1-13-18(16,17)12-6-3-2-5-11(12)15-9-4-7-14-8-10-15/h2-3,5-6,13-14H,4,7-10H2,1H3. The fourth-order valence-electron chi connectivity index (χ4n) is 2.14. The Labute approximate surface area is 108 Å². The van der Waals surface area contributed by atoms with Crippen LogP contribution >= 0.6 is 0 Å². The van der Waals surface area contributed by atoms with Gasteiger partial charge in [0.25, 0.3) is 0 Å². The van der Waals surface area contributed by atoms with E-state index < -0.39 is 10.0 Å². The molecule has 0 saturated carbocycles. The Bertz CT molecular complexity index is 494. The summed E-state index contributed by atoms with van der Waals surface area (Å²) in [6, 6.07) is 7.15. The number of nitrogens with zero attached hydrogens (tertiary/aromatic N) is 1. The third kappa shape index (κ3) is 2.82. The normalized spacial score (nSPS) is 17.5. The molecule has 1 heterocycles. The summed E-state index contributed by atoms with van der Waals surface area (Å²) in [6.45, 7) is 3.57. The summed E-state index contributed by atoms with van der Waals surface area (Å²) < 4.78 is 26.4. The molecule has 0 bridgehead atoms. The molecule has 18 heavy (non-hydrogen) atoms. The van der Waals surface area contributed by atoms with Crippen LogP contribution in [0.1, 0.15) is 6.42 Å². The van der Waals surface area contributed by atoms with Gasteiger partial charge in [0.15, 0.2) is 0 Å². The SMILES string of the molecule is CNS(=O)(=O)c1ccccc1N1CCCNCC1. The number of sulfonamides is 1. The maximum absolute atomic E-state index is 12.0. The van der Waals surface area contributed by atoms with Crippen LogP contribution in [-0.4, -0.2) is 41.6 Å². The van der Waals surface area contributed by atoms with Crippen LogP contribution < -0.4 is 14.9 Å². The smallest absolute Gasteiger partial charge is 0.242 e. The first-order valence-electron chi connectivity index (χ1n) is 6.13. The van der Waals surface area contributed by atoms with Crippen molar-refractivity contribution in [3.8, 4) is 0 Å². The van der Waals surface area contributed by atoms with Crippen LogP contribution in [0.25, 0.3) is 0 Å².